The number of para-hydroxylation sites is 3. The van der Waals surface area contributed by atoms with E-state index in [9.17, 15) is 0 Å². The highest BCUT2D eigenvalue weighted by Gasteiger charge is 2.26. The maximum atomic E-state index is 5.72. The molecule has 0 unspecified atom stereocenters. The standard InChI is InChI=1S/C75H47N5/c1-4-20-48(21-5-1)52-28-18-29-56(42-52)63-47-66(59-41-40-55(49-22-6-2-7-23-49)45-65(59)72(63)80-67-35-16-14-32-60(67)64-44-53-26-12-13-27-54(53)46-70(64)80)75-77-73(57-39-38-50-24-10-11-25-51(50)43-57)76-74(78-75)62-34-19-37-69-71(62)61-33-15-17-36-68(61)79(69)58-30-8-3-9-31-58/h1-47H. The summed E-state index contributed by atoms with van der Waals surface area (Å²) >= 11 is 0. The summed E-state index contributed by atoms with van der Waals surface area (Å²) in [6.07, 6.45) is 0. The second kappa shape index (κ2) is 18.5. The molecule has 0 spiro atoms. The molecule has 3 heterocycles. The van der Waals surface area contributed by atoms with Crippen LogP contribution in [0.5, 0.6) is 0 Å². The van der Waals surface area contributed by atoms with E-state index in [0.29, 0.717) is 17.5 Å². The van der Waals surface area contributed by atoms with Crippen LogP contribution >= 0.6 is 0 Å². The second-order valence-corrected chi connectivity index (χ2v) is 20.7. The number of benzene rings is 13. The van der Waals surface area contributed by atoms with Crippen LogP contribution < -0.4 is 0 Å². The van der Waals surface area contributed by atoms with Gasteiger partial charge in [-0.3, -0.25) is 0 Å². The highest BCUT2D eigenvalue weighted by Crippen LogP contribution is 2.47. The topological polar surface area (TPSA) is 48.5 Å². The van der Waals surface area contributed by atoms with Gasteiger partial charge >= 0.3 is 0 Å². The molecule has 13 aromatic carbocycles. The van der Waals surface area contributed by atoms with Gasteiger partial charge in [-0.1, -0.05) is 218 Å². The van der Waals surface area contributed by atoms with Gasteiger partial charge in [0.1, 0.15) is 0 Å². The van der Waals surface area contributed by atoms with E-state index < -0.39 is 0 Å². The fraction of sp³-hybridized carbons (Fsp3) is 0. The van der Waals surface area contributed by atoms with Crippen LogP contribution in [0.2, 0.25) is 0 Å². The van der Waals surface area contributed by atoms with Crippen molar-refractivity contribution < 1.29 is 0 Å². The Kier molecular flexibility index (Phi) is 10.5. The zero-order valence-corrected chi connectivity index (χ0v) is 43.4. The van der Waals surface area contributed by atoms with Gasteiger partial charge < -0.3 is 9.13 Å². The van der Waals surface area contributed by atoms with Crippen LogP contribution in [-0.4, -0.2) is 24.1 Å². The predicted octanol–water partition coefficient (Wildman–Crippen LogP) is 19.5. The van der Waals surface area contributed by atoms with E-state index in [-0.39, 0.29) is 0 Å². The van der Waals surface area contributed by atoms with Gasteiger partial charge in [0, 0.05) is 54.9 Å². The van der Waals surface area contributed by atoms with Crippen molar-refractivity contribution in [1.29, 1.82) is 0 Å². The Labute approximate surface area is 461 Å². The van der Waals surface area contributed by atoms with Gasteiger partial charge in [0.2, 0.25) is 0 Å². The highest BCUT2D eigenvalue weighted by atomic mass is 15.0. The van der Waals surface area contributed by atoms with Gasteiger partial charge in [0.15, 0.2) is 17.5 Å². The van der Waals surface area contributed by atoms with Gasteiger partial charge in [0.05, 0.1) is 27.8 Å². The normalized spacial score (nSPS) is 11.8. The number of aromatic nitrogens is 5. The zero-order chi connectivity index (χ0) is 52.7. The molecule has 0 fully saturated rings. The summed E-state index contributed by atoms with van der Waals surface area (Å²) in [6, 6.07) is 103. The van der Waals surface area contributed by atoms with Gasteiger partial charge in [-0.15, -0.1) is 0 Å². The SMILES string of the molecule is c1ccc(-c2cccc(-c3cc(-c4nc(-c5ccc6ccccc6c5)nc(-c5cccc6c5c5ccccc5n6-c5ccccc5)n4)c4ccc(-c5ccccc5)cc4c3-n3c4ccccc4c4cc5ccccc5cc43)c2)cc1. The maximum absolute atomic E-state index is 5.72. The molecule has 80 heavy (non-hydrogen) atoms. The summed E-state index contributed by atoms with van der Waals surface area (Å²) < 4.78 is 4.87. The molecule has 0 aliphatic rings. The molecule has 0 amide bonds. The number of hydrogen-bond acceptors (Lipinski definition) is 3. The molecule has 372 valence electrons. The van der Waals surface area contributed by atoms with Crippen molar-refractivity contribution in [2.45, 2.75) is 0 Å². The summed E-state index contributed by atoms with van der Waals surface area (Å²) in [4.78, 5) is 16.9. The molecule has 5 heteroatoms. The summed E-state index contributed by atoms with van der Waals surface area (Å²) in [5.74, 6) is 1.78. The maximum Gasteiger partial charge on any atom is 0.164 e. The quantitative estimate of drug-likeness (QED) is 0.152. The Hall–Kier alpha value is -10.8. The lowest BCUT2D eigenvalue weighted by molar-refractivity contribution is 1.08. The number of hydrogen-bond donors (Lipinski definition) is 0. The Bertz CT molecular complexity index is 5110. The molecule has 0 radical (unpaired) electrons. The summed E-state index contributed by atoms with van der Waals surface area (Å²) in [5, 5.41) is 11.4. The Balaban J connectivity index is 1.05. The molecule has 3 aromatic heterocycles. The van der Waals surface area contributed by atoms with Crippen LogP contribution in [0.4, 0.5) is 0 Å². The summed E-state index contributed by atoms with van der Waals surface area (Å²) in [5.41, 5.74) is 16.0. The van der Waals surface area contributed by atoms with Crippen LogP contribution in [0.1, 0.15) is 0 Å². The van der Waals surface area contributed by atoms with Crippen LogP contribution in [-0.2, 0) is 0 Å². The molecule has 0 saturated carbocycles. The van der Waals surface area contributed by atoms with Gasteiger partial charge in [-0.2, -0.15) is 0 Å². The lowest BCUT2D eigenvalue weighted by Gasteiger charge is -2.21. The minimum atomic E-state index is 0.583. The van der Waals surface area contributed by atoms with E-state index in [1.807, 2.05) is 0 Å². The summed E-state index contributed by atoms with van der Waals surface area (Å²) in [7, 11) is 0. The van der Waals surface area contributed by atoms with Crippen molar-refractivity contribution in [3.05, 3.63) is 285 Å². The molecule has 0 atom stereocenters. The molecule has 16 rings (SSSR count). The molecule has 0 saturated heterocycles. The number of rotatable bonds is 8. The average Bonchev–Trinajstić information content (AvgIpc) is 4.18. The Morgan fingerprint density at radius 1 is 0.225 bits per heavy atom. The van der Waals surface area contributed by atoms with Crippen molar-refractivity contribution in [2.24, 2.45) is 0 Å². The largest absolute Gasteiger partial charge is 0.309 e. The first-order valence-corrected chi connectivity index (χ1v) is 27.2. The zero-order valence-electron chi connectivity index (χ0n) is 43.4. The highest BCUT2D eigenvalue weighted by molar-refractivity contribution is 6.18. The van der Waals surface area contributed by atoms with E-state index in [0.717, 1.165) is 116 Å². The Morgan fingerprint density at radius 2 is 0.762 bits per heavy atom. The fourth-order valence-corrected chi connectivity index (χ4v) is 12.4. The van der Waals surface area contributed by atoms with E-state index in [1.165, 1.54) is 21.5 Å². The van der Waals surface area contributed by atoms with Crippen LogP contribution in [0.15, 0.2) is 285 Å². The van der Waals surface area contributed by atoms with E-state index in [2.05, 4.69) is 294 Å². The molecule has 0 bridgehead atoms. The van der Waals surface area contributed by atoms with Crippen molar-refractivity contribution in [2.75, 3.05) is 0 Å². The lowest BCUT2D eigenvalue weighted by Crippen LogP contribution is -2.04. The third kappa shape index (κ3) is 7.43. The first-order chi connectivity index (χ1) is 39.7. The van der Waals surface area contributed by atoms with Crippen LogP contribution in [0.3, 0.4) is 0 Å². The molecule has 5 nitrogen and oxygen atoms in total. The lowest BCUT2D eigenvalue weighted by atomic mass is 9.90. The minimum Gasteiger partial charge on any atom is -0.309 e. The van der Waals surface area contributed by atoms with Gasteiger partial charge in [-0.25, -0.2) is 15.0 Å². The van der Waals surface area contributed by atoms with Crippen molar-refractivity contribution in [3.63, 3.8) is 0 Å². The first-order valence-electron chi connectivity index (χ1n) is 27.2. The Morgan fingerprint density at radius 3 is 1.51 bits per heavy atom. The van der Waals surface area contributed by atoms with Crippen molar-refractivity contribution in [1.82, 2.24) is 24.1 Å². The van der Waals surface area contributed by atoms with E-state index >= 15 is 0 Å². The molecular formula is C75H47N5. The molecule has 0 aliphatic heterocycles. The average molecular weight is 1020 g/mol. The molecule has 16 aromatic rings. The predicted molar refractivity (Wildman–Crippen MR) is 334 cm³/mol. The van der Waals surface area contributed by atoms with E-state index in [1.54, 1.807) is 0 Å². The monoisotopic (exact) mass is 1020 g/mol. The number of fused-ring (bicyclic) bond motifs is 9. The fourth-order valence-electron chi connectivity index (χ4n) is 12.4. The number of nitrogens with zero attached hydrogens (tertiary/aromatic N) is 5. The third-order valence-corrected chi connectivity index (χ3v) is 16.1. The van der Waals surface area contributed by atoms with Crippen molar-refractivity contribution in [3.8, 4) is 78.9 Å². The molecule has 0 N–H and O–H groups in total. The van der Waals surface area contributed by atoms with Crippen LogP contribution in [0, 0.1) is 0 Å². The van der Waals surface area contributed by atoms with Gasteiger partial charge in [0.25, 0.3) is 0 Å². The first kappa shape index (κ1) is 45.4. The molecule has 0 aliphatic carbocycles. The van der Waals surface area contributed by atoms with Gasteiger partial charge in [-0.05, 0) is 121 Å². The second-order valence-electron chi connectivity index (χ2n) is 20.7. The smallest absolute Gasteiger partial charge is 0.164 e. The molecular weight excluding hydrogens is 971 g/mol. The van der Waals surface area contributed by atoms with Crippen LogP contribution in [0.25, 0.3) is 155 Å². The third-order valence-electron chi connectivity index (χ3n) is 16.1. The van der Waals surface area contributed by atoms with Crippen molar-refractivity contribution >= 4 is 75.9 Å². The minimum absolute atomic E-state index is 0.583. The summed E-state index contributed by atoms with van der Waals surface area (Å²) in [6.45, 7) is 0. The van der Waals surface area contributed by atoms with E-state index in [4.69, 9.17) is 15.0 Å².